The summed E-state index contributed by atoms with van der Waals surface area (Å²) in [6.07, 6.45) is 1.06. The molecule has 1 aliphatic heterocycles. The van der Waals surface area contributed by atoms with Crippen LogP contribution in [-0.2, 0) is 0 Å². The Balaban J connectivity index is 2.11. The maximum atomic E-state index is 5.65. The first-order chi connectivity index (χ1) is 7.42. The summed E-state index contributed by atoms with van der Waals surface area (Å²) in [4.78, 5) is 2.46. The molecule has 82 valence electrons. The molecule has 0 amide bonds. The van der Waals surface area contributed by atoms with Gasteiger partial charge in [-0.25, -0.2) is 0 Å². The first-order valence-corrected chi connectivity index (χ1v) is 5.64. The molecule has 0 bridgehead atoms. The van der Waals surface area contributed by atoms with E-state index in [0.29, 0.717) is 6.04 Å². The van der Waals surface area contributed by atoms with E-state index < -0.39 is 0 Å². The Labute approximate surface area is 91.3 Å². The number of hydrogen-bond donors (Lipinski definition) is 2. The normalized spacial score (nSPS) is 21.7. The number of benzene rings is 1. The molecule has 1 unspecified atom stereocenters. The monoisotopic (exact) mass is 205 g/mol. The third-order valence-corrected chi connectivity index (χ3v) is 2.94. The van der Waals surface area contributed by atoms with Gasteiger partial charge < -0.3 is 16.0 Å². The Hall–Kier alpha value is -1.06. The summed E-state index contributed by atoms with van der Waals surface area (Å²) in [7, 11) is 0. The number of piperazine rings is 1. The van der Waals surface area contributed by atoms with Gasteiger partial charge in [0.25, 0.3) is 0 Å². The lowest BCUT2D eigenvalue weighted by atomic mass is 10.1. The molecule has 1 aliphatic rings. The van der Waals surface area contributed by atoms with Crippen molar-refractivity contribution in [1.82, 2.24) is 5.32 Å². The summed E-state index contributed by atoms with van der Waals surface area (Å²) in [5.74, 6) is 0. The highest BCUT2D eigenvalue weighted by Crippen LogP contribution is 2.18. The van der Waals surface area contributed by atoms with Gasteiger partial charge in [0.05, 0.1) is 0 Å². The molecule has 1 atom stereocenters. The van der Waals surface area contributed by atoms with Crippen LogP contribution in [0.3, 0.4) is 0 Å². The Morgan fingerprint density at radius 2 is 2.13 bits per heavy atom. The topological polar surface area (TPSA) is 41.3 Å². The van der Waals surface area contributed by atoms with Crippen LogP contribution in [0.25, 0.3) is 0 Å². The maximum Gasteiger partial charge on any atom is 0.0427 e. The number of anilines is 1. The summed E-state index contributed by atoms with van der Waals surface area (Å²) in [5.41, 5.74) is 6.96. The van der Waals surface area contributed by atoms with E-state index in [2.05, 4.69) is 40.5 Å². The second-order valence-electron chi connectivity index (χ2n) is 3.96. The predicted octanol–water partition coefficient (Wildman–Crippen LogP) is 0.814. The third-order valence-electron chi connectivity index (χ3n) is 2.94. The van der Waals surface area contributed by atoms with Crippen molar-refractivity contribution in [3.63, 3.8) is 0 Å². The second kappa shape index (κ2) is 5.14. The molecule has 3 heteroatoms. The van der Waals surface area contributed by atoms with Crippen LogP contribution in [0.4, 0.5) is 5.69 Å². The fourth-order valence-corrected chi connectivity index (χ4v) is 2.17. The zero-order valence-corrected chi connectivity index (χ0v) is 9.02. The average Bonchev–Trinajstić information content (AvgIpc) is 2.31. The SMILES string of the molecule is NCCC1CNCCN1c1ccccc1. The molecule has 3 N–H and O–H groups in total. The maximum absolute atomic E-state index is 5.65. The van der Waals surface area contributed by atoms with Crippen molar-refractivity contribution in [2.45, 2.75) is 12.5 Å². The summed E-state index contributed by atoms with van der Waals surface area (Å²) in [6.45, 7) is 3.95. The molecule has 0 aliphatic carbocycles. The standard InChI is InChI=1S/C12H19N3/c13-7-6-12-10-14-8-9-15(12)11-4-2-1-3-5-11/h1-5,12,14H,6-10,13H2. The molecule has 1 fully saturated rings. The molecule has 1 aromatic carbocycles. The number of nitrogens with two attached hydrogens (primary N) is 1. The summed E-state index contributed by atoms with van der Waals surface area (Å²) in [6, 6.07) is 11.1. The smallest absolute Gasteiger partial charge is 0.0427 e. The number of nitrogens with zero attached hydrogens (tertiary/aromatic N) is 1. The van der Waals surface area contributed by atoms with E-state index in [1.807, 2.05) is 0 Å². The van der Waals surface area contributed by atoms with Crippen LogP contribution in [0.2, 0.25) is 0 Å². The van der Waals surface area contributed by atoms with E-state index in [0.717, 1.165) is 32.6 Å². The van der Waals surface area contributed by atoms with Crippen molar-refractivity contribution in [2.75, 3.05) is 31.1 Å². The Morgan fingerprint density at radius 1 is 1.33 bits per heavy atom. The van der Waals surface area contributed by atoms with E-state index in [9.17, 15) is 0 Å². The van der Waals surface area contributed by atoms with Crippen molar-refractivity contribution in [3.05, 3.63) is 30.3 Å². The van der Waals surface area contributed by atoms with E-state index in [1.54, 1.807) is 0 Å². The van der Waals surface area contributed by atoms with Crippen LogP contribution < -0.4 is 16.0 Å². The number of para-hydroxylation sites is 1. The largest absolute Gasteiger partial charge is 0.366 e. The van der Waals surface area contributed by atoms with E-state index >= 15 is 0 Å². The average molecular weight is 205 g/mol. The zero-order valence-electron chi connectivity index (χ0n) is 9.02. The minimum atomic E-state index is 0.547. The lowest BCUT2D eigenvalue weighted by Crippen LogP contribution is -2.52. The Kier molecular flexibility index (Phi) is 3.59. The minimum absolute atomic E-state index is 0.547. The highest BCUT2D eigenvalue weighted by Gasteiger charge is 2.21. The van der Waals surface area contributed by atoms with Crippen LogP contribution in [0.5, 0.6) is 0 Å². The van der Waals surface area contributed by atoms with Gasteiger partial charge in [0.1, 0.15) is 0 Å². The summed E-state index contributed by atoms with van der Waals surface area (Å²) >= 11 is 0. The van der Waals surface area contributed by atoms with E-state index in [1.165, 1.54) is 5.69 Å². The van der Waals surface area contributed by atoms with Crippen molar-refractivity contribution in [1.29, 1.82) is 0 Å². The fourth-order valence-electron chi connectivity index (χ4n) is 2.17. The van der Waals surface area contributed by atoms with Crippen LogP contribution in [0.15, 0.2) is 30.3 Å². The first-order valence-electron chi connectivity index (χ1n) is 5.64. The predicted molar refractivity (Wildman–Crippen MR) is 64.1 cm³/mol. The van der Waals surface area contributed by atoms with Gasteiger partial charge in [-0.15, -0.1) is 0 Å². The molecule has 0 spiro atoms. The zero-order chi connectivity index (χ0) is 10.5. The highest BCUT2D eigenvalue weighted by molar-refractivity contribution is 5.47. The van der Waals surface area contributed by atoms with Crippen LogP contribution >= 0.6 is 0 Å². The van der Waals surface area contributed by atoms with Gasteiger partial charge in [-0.1, -0.05) is 18.2 Å². The summed E-state index contributed by atoms with van der Waals surface area (Å²) in [5, 5.41) is 3.42. The fraction of sp³-hybridized carbons (Fsp3) is 0.500. The number of hydrogen-bond acceptors (Lipinski definition) is 3. The van der Waals surface area contributed by atoms with Crippen molar-refractivity contribution in [3.8, 4) is 0 Å². The lowest BCUT2D eigenvalue weighted by molar-refractivity contribution is 0.458. The molecule has 15 heavy (non-hydrogen) atoms. The van der Waals surface area contributed by atoms with Gasteiger partial charge in [0, 0.05) is 31.4 Å². The van der Waals surface area contributed by atoms with Gasteiger partial charge in [-0.2, -0.15) is 0 Å². The van der Waals surface area contributed by atoms with Gasteiger partial charge >= 0.3 is 0 Å². The van der Waals surface area contributed by atoms with Crippen LogP contribution in [0.1, 0.15) is 6.42 Å². The second-order valence-corrected chi connectivity index (χ2v) is 3.96. The summed E-state index contributed by atoms with van der Waals surface area (Å²) < 4.78 is 0. The molecule has 0 aromatic heterocycles. The molecule has 0 radical (unpaired) electrons. The molecule has 0 saturated carbocycles. The Bertz CT molecular complexity index is 284. The van der Waals surface area contributed by atoms with E-state index in [4.69, 9.17) is 5.73 Å². The van der Waals surface area contributed by atoms with Gasteiger partial charge in [-0.05, 0) is 25.1 Å². The minimum Gasteiger partial charge on any atom is -0.366 e. The molecule has 1 saturated heterocycles. The quantitative estimate of drug-likeness (QED) is 0.767. The van der Waals surface area contributed by atoms with Crippen LogP contribution in [-0.4, -0.2) is 32.2 Å². The molecule has 3 nitrogen and oxygen atoms in total. The van der Waals surface area contributed by atoms with Gasteiger partial charge in [-0.3, -0.25) is 0 Å². The third kappa shape index (κ3) is 2.49. The van der Waals surface area contributed by atoms with Gasteiger partial charge in [0.2, 0.25) is 0 Å². The number of rotatable bonds is 3. The van der Waals surface area contributed by atoms with Gasteiger partial charge in [0.15, 0.2) is 0 Å². The highest BCUT2D eigenvalue weighted by atomic mass is 15.2. The van der Waals surface area contributed by atoms with Crippen LogP contribution in [0, 0.1) is 0 Å². The molecular formula is C12H19N3. The van der Waals surface area contributed by atoms with E-state index in [-0.39, 0.29) is 0 Å². The first kappa shape index (κ1) is 10.5. The van der Waals surface area contributed by atoms with Crippen molar-refractivity contribution < 1.29 is 0 Å². The Morgan fingerprint density at radius 3 is 2.87 bits per heavy atom. The van der Waals surface area contributed by atoms with Crippen molar-refractivity contribution >= 4 is 5.69 Å². The lowest BCUT2D eigenvalue weighted by Gasteiger charge is -2.38. The van der Waals surface area contributed by atoms with Crippen molar-refractivity contribution in [2.24, 2.45) is 5.73 Å². The number of nitrogens with one attached hydrogen (secondary N) is 1. The molecule has 2 rings (SSSR count). The molecule has 1 heterocycles. The molecular weight excluding hydrogens is 186 g/mol. The molecule has 1 aromatic rings.